The van der Waals surface area contributed by atoms with Crippen molar-refractivity contribution in [2.45, 2.75) is 73.6 Å². The first-order valence-electron chi connectivity index (χ1n) is 7.78. The Morgan fingerprint density at radius 1 is 0.941 bits per heavy atom. The van der Waals surface area contributed by atoms with Crippen molar-refractivity contribution in [3.63, 3.8) is 0 Å². The second-order valence-corrected chi connectivity index (χ2v) is 8.25. The third-order valence-electron chi connectivity index (χ3n) is 6.46. The van der Waals surface area contributed by atoms with Crippen molar-refractivity contribution in [2.75, 3.05) is 0 Å². The molecule has 0 aliphatic heterocycles. The van der Waals surface area contributed by atoms with Crippen LogP contribution in [0, 0.1) is 34.5 Å². The molecule has 3 atom stereocenters. The largest absolute Gasteiger partial charge is 0.0625 e. The van der Waals surface area contributed by atoms with Crippen LogP contribution in [-0.4, -0.2) is 0 Å². The number of hydrogen-bond acceptors (Lipinski definition) is 0. The maximum Gasteiger partial charge on any atom is -0.0238 e. The van der Waals surface area contributed by atoms with Gasteiger partial charge in [0.05, 0.1) is 0 Å². The Morgan fingerprint density at radius 3 is 1.94 bits per heavy atom. The van der Waals surface area contributed by atoms with Gasteiger partial charge in [0, 0.05) is 0 Å². The van der Waals surface area contributed by atoms with Gasteiger partial charge >= 0.3 is 0 Å². The summed E-state index contributed by atoms with van der Waals surface area (Å²) in [7, 11) is 0. The van der Waals surface area contributed by atoms with Crippen LogP contribution >= 0.6 is 0 Å². The smallest absolute Gasteiger partial charge is 0.0238 e. The molecule has 2 saturated carbocycles. The molecular weight excluding hydrogens is 204 g/mol. The minimum atomic E-state index is 0.609. The van der Waals surface area contributed by atoms with Gasteiger partial charge in [0.25, 0.3) is 0 Å². The Labute approximate surface area is 109 Å². The zero-order valence-corrected chi connectivity index (χ0v) is 12.8. The molecule has 0 heteroatoms. The van der Waals surface area contributed by atoms with Gasteiger partial charge in [-0.2, -0.15) is 0 Å². The van der Waals surface area contributed by atoms with Gasteiger partial charge in [-0.25, -0.2) is 0 Å². The van der Waals surface area contributed by atoms with Crippen LogP contribution in [0.15, 0.2) is 0 Å². The van der Waals surface area contributed by atoms with E-state index in [2.05, 4.69) is 41.5 Å². The summed E-state index contributed by atoms with van der Waals surface area (Å²) in [5.41, 5.74) is 1.31. The predicted octanol–water partition coefficient (Wildman–Crippen LogP) is 5.52. The lowest BCUT2D eigenvalue weighted by molar-refractivity contribution is 0.0104. The Balaban J connectivity index is 2.22. The lowest BCUT2D eigenvalue weighted by Crippen LogP contribution is -2.40. The van der Waals surface area contributed by atoms with Crippen LogP contribution in [0.4, 0.5) is 0 Å². The molecular formula is C17H32. The van der Waals surface area contributed by atoms with E-state index in [1.165, 1.54) is 32.1 Å². The van der Waals surface area contributed by atoms with Crippen LogP contribution in [0.5, 0.6) is 0 Å². The Morgan fingerprint density at radius 2 is 1.47 bits per heavy atom. The van der Waals surface area contributed by atoms with Crippen molar-refractivity contribution >= 4 is 0 Å². The number of rotatable bonds is 1. The van der Waals surface area contributed by atoms with E-state index in [0.717, 1.165) is 23.7 Å². The van der Waals surface area contributed by atoms with Crippen LogP contribution < -0.4 is 0 Å². The van der Waals surface area contributed by atoms with Crippen molar-refractivity contribution in [1.29, 1.82) is 0 Å². The highest BCUT2D eigenvalue weighted by molar-refractivity contribution is 5.03. The summed E-state index contributed by atoms with van der Waals surface area (Å²) >= 11 is 0. The quantitative estimate of drug-likeness (QED) is 0.562. The highest BCUT2D eigenvalue weighted by Gasteiger charge is 2.53. The normalized spacial score (nSPS) is 40.1. The molecule has 100 valence electrons. The molecule has 2 rings (SSSR count). The van der Waals surface area contributed by atoms with Crippen molar-refractivity contribution in [3.05, 3.63) is 0 Å². The van der Waals surface area contributed by atoms with Crippen LogP contribution in [0.25, 0.3) is 0 Å². The fourth-order valence-electron chi connectivity index (χ4n) is 4.90. The molecule has 3 unspecified atom stereocenters. The predicted molar refractivity (Wildman–Crippen MR) is 76.0 cm³/mol. The second-order valence-electron chi connectivity index (χ2n) is 8.25. The van der Waals surface area contributed by atoms with Gasteiger partial charge < -0.3 is 0 Å². The topological polar surface area (TPSA) is 0 Å². The molecule has 0 aromatic carbocycles. The highest BCUT2D eigenvalue weighted by Crippen LogP contribution is 2.62. The van der Waals surface area contributed by atoms with Gasteiger partial charge in [0.1, 0.15) is 0 Å². The van der Waals surface area contributed by atoms with Gasteiger partial charge in [-0.3, -0.25) is 0 Å². The molecule has 0 radical (unpaired) electrons. The van der Waals surface area contributed by atoms with E-state index in [1.807, 2.05) is 0 Å². The maximum absolute atomic E-state index is 2.55. The number of hydrogen-bond donors (Lipinski definition) is 0. The molecule has 1 spiro atoms. The molecule has 0 N–H and O–H groups in total. The lowest BCUT2D eigenvalue weighted by atomic mass is 9.56. The minimum absolute atomic E-state index is 0.609. The molecule has 2 fully saturated rings. The molecule has 0 bridgehead atoms. The second kappa shape index (κ2) is 4.28. The molecule has 0 aromatic heterocycles. The summed E-state index contributed by atoms with van der Waals surface area (Å²) < 4.78 is 0. The summed E-state index contributed by atoms with van der Waals surface area (Å²) in [5.74, 6) is 3.77. The summed E-state index contributed by atoms with van der Waals surface area (Å²) in [4.78, 5) is 0. The third kappa shape index (κ3) is 2.17. The first-order valence-corrected chi connectivity index (χ1v) is 7.78. The van der Waals surface area contributed by atoms with Gasteiger partial charge in [-0.1, -0.05) is 41.5 Å². The van der Waals surface area contributed by atoms with Crippen molar-refractivity contribution in [1.82, 2.24) is 0 Å². The van der Waals surface area contributed by atoms with Crippen LogP contribution in [0.3, 0.4) is 0 Å². The summed E-state index contributed by atoms with van der Waals surface area (Å²) in [5, 5.41) is 0. The van der Waals surface area contributed by atoms with Gasteiger partial charge in [0.2, 0.25) is 0 Å². The van der Waals surface area contributed by atoms with E-state index < -0.39 is 0 Å². The monoisotopic (exact) mass is 236 g/mol. The lowest BCUT2D eigenvalue weighted by Gasteiger charge is -2.49. The fourth-order valence-corrected chi connectivity index (χ4v) is 4.90. The summed E-state index contributed by atoms with van der Waals surface area (Å²) in [6.45, 7) is 14.9. The zero-order chi connectivity index (χ0) is 12.8. The van der Waals surface area contributed by atoms with Crippen molar-refractivity contribution in [3.8, 4) is 0 Å². The summed E-state index contributed by atoms with van der Waals surface area (Å²) in [6, 6.07) is 0. The molecule has 17 heavy (non-hydrogen) atoms. The van der Waals surface area contributed by atoms with Gasteiger partial charge in [-0.15, -0.1) is 0 Å². The zero-order valence-electron chi connectivity index (χ0n) is 12.8. The molecule has 0 amide bonds. The Hall–Kier alpha value is 0. The molecule has 0 heterocycles. The third-order valence-corrected chi connectivity index (χ3v) is 6.46. The average molecular weight is 236 g/mol. The maximum atomic E-state index is 2.55. The SMILES string of the molecule is CC(C)C1CC(C)C(C)C12CCC(C)(C)CC2. The van der Waals surface area contributed by atoms with Gasteiger partial charge in [0.15, 0.2) is 0 Å². The van der Waals surface area contributed by atoms with E-state index in [0.29, 0.717) is 10.8 Å². The van der Waals surface area contributed by atoms with E-state index in [-0.39, 0.29) is 0 Å². The van der Waals surface area contributed by atoms with Crippen molar-refractivity contribution in [2.24, 2.45) is 34.5 Å². The molecule has 0 saturated heterocycles. The molecule has 0 aromatic rings. The van der Waals surface area contributed by atoms with E-state index in [4.69, 9.17) is 0 Å². The standard InChI is InChI=1S/C17H32/c1-12(2)15-11-13(3)14(4)17(15)9-7-16(5,6)8-10-17/h12-15H,7-11H2,1-6H3. The van der Waals surface area contributed by atoms with Gasteiger partial charge in [-0.05, 0) is 66.6 Å². The molecule has 0 nitrogen and oxygen atoms in total. The Kier molecular flexibility index (Phi) is 3.38. The highest BCUT2D eigenvalue weighted by atomic mass is 14.6. The average Bonchev–Trinajstić information content (AvgIpc) is 2.48. The van der Waals surface area contributed by atoms with Crippen molar-refractivity contribution < 1.29 is 0 Å². The van der Waals surface area contributed by atoms with E-state index in [9.17, 15) is 0 Å². The Bertz CT molecular complexity index is 264. The van der Waals surface area contributed by atoms with Crippen LogP contribution in [0.2, 0.25) is 0 Å². The van der Waals surface area contributed by atoms with E-state index in [1.54, 1.807) is 0 Å². The molecule has 2 aliphatic carbocycles. The van der Waals surface area contributed by atoms with E-state index >= 15 is 0 Å². The van der Waals surface area contributed by atoms with Crippen LogP contribution in [0.1, 0.15) is 73.6 Å². The first-order chi connectivity index (χ1) is 7.78. The summed E-state index contributed by atoms with van der Waals surface area (Å²) in [6.07, 6.45) is 7.38. The van der Waals surface area contributed by atoms with Crippen LogP contribution in [-0.2, 0) is 0 Å². The minimum Gasteiger partial charge on any atom is -0.0625 e. The fraction of sp³-hybridized carbons (Fsp3) is 1.00. The first kappa shape index (κ1) is 13.4. The molecule has 2 aliphatic rings.